The normalized spacial score (nSPS) is 29.2. The van der Waals surface area contributed by atoms with Gasteiger partial charge >= 0.3 is 0 Å². The first-order chi connectivity index (χ1) is 15.9. The van der Waals surface area contributed by atoms with Gasteiger partial charge in [0, 0.05) is 36.5 Å². The van der Waals surface area contributed by atoms with Crippen LogP contribution in [0.1, 0.15) is 67.8 Å². The van der Waals surface area contributed by atoms with E-state index in [2.05, 4.69) is 17.6 Å². The van der Waals surface area contributed by atoms with Gasteiger partial charge in [-0.1, -0.05) is 19.8 Å². The van der Waals surface area contributed by atoms with Crippen LogP contribution in [0.4, 0.5) is 0 Å². The van der Waals surface area contributed by atoms with Crippen LogP contribution in [0.15, 0.2) is 18.2 Å². The van der Waals surface area contributed by atoms with Crippen molar-refractivity contribution in [1.29, 1.82) is 0 Å². The van der Waals surface area contributed by atoms with E-state index in [0.717, 1.165) is 50.3 Å². The summed E-state index contributed by atoms with van der Waals surface area (Å²) < 4.78 is 11.9. The number of fused-ring (bicyclic) bond motifs is 1. The quantitative estimate of drug-likeness (QED) is 0.504. The molecule has 0 bridgehead atoms. The molecule has 1 aromatic carbocycles. The molecule has 8 nitrogen and oxygen atoms in total. The van der Waals surface area contributed by atoms with Crippen LogP contribution >= 0.6 is 0 Å². The molecule has 3 amide bonds. The first-order valence-electron chi connectivity index (χ1n) is 12.2. The molecule has 33 heavy (non-hydrogen) atoms. The second-order valence-electron chi connectivity index (χ2n) is 10.3. The fourth-order valence-corrected chi connectivity index (χ4v) is 5.38. The van der Waals surface area contributed by atoms with Crippen LogP contribution in [-0.4, -0.2) is 60.6 Å². The molecule has 3 aliphatic heterocycles. The first kappa shape index (κ1) is 22.3. The Balaban J connectivity index is 1.26. The second-order valence-corrected chi connectivity index (χ2v) is 10.3. The molecule has 3 fully saturated rings. The van der Waals surface area contributed by atoms with Crippen molar-refractivity contribution in [2.24, 2.45) is 5.41 Å². The number of nitrogens with zero attached hydrogens (tertiary/aromatic N) is 1. The molecule has 4 aliphatic rings. The number of hydrogen-bond donors (Lipinski definition) is 2. The van der Waals surface area contributed by atoms with Crippen molar-refractivity contribution in [3.05, 3.63) is 29.3 Å². The van der Waals surface area contributed by atoms with Gasteiger partial charge in [-0.15, -0.1) is 0 Å². The van der Waals surface area contributed by atoms with E-state index >= 15 is 0 Å². The van der Waals surface area contributed by atoms with Gasteiger partial charge in [0.2, 0.25) is 11.8 Å². The van der Waals surface area contributed by atoms with Crippen LogP contribution in [-0.2, 0) is 20.9 Å². The average molecular weight is 456 g/mol. The summed E-state index contributed by atoms with van der Waals surface area (Å²) in [6.45, 7) is 5.16. The maximum Gasteiger partial charge on any atom is 0.255 e. The smallest absolute Gasteiger partial charge is 0.255 e. The van der Waals surface area contributed by atoms with Gasteiger partial charge in [0.25, 0.3) is 5.91 Å². The van der Waals surface area contributed by atoms with E-state index in [4.69, 9.17) is 9.47 Å². The largest absolute Gasteiger partial charge is 0.489 e. The maximum absolute atomic E-state index is 12.9. The van der Waals surface area contributed by atoms with Crippen LogP contribution < -0.4 is 15.4 Å². The molecule has 1 aliphatic carbocycles. The minimum absolute atomic E-state index is 0.0819. The number of hydrogen-bond acceptors (Lipinski definition) is 6. The average Bonchev–Trinajstić information content (AvgIpc) is 2.93. The van der Waals surface area contributed by atoms with E-state index < -0.39 is 6.04 Å². The van der Waals surface area contributed by atoms with Gasteiger partial charge in [0.05, 0.1) is 13.2 Å². The van der Waals surface area contributed by atoms with Crippen molar-refractivity contribution in [1.82, 2.24) is 15.5 Å². The lowest BCUT2D eigenvalue weighted by molar-refractivity contribution is -0.136. The fourth-order valence-electron chi connectivity index (χ4n) is 5.38. The molecular formula is C25H33N3O5. The first-order valence-corrected chi connectivity index (χ1v) is 12.2. The van der Waals surface area contributed by atoms with Gasteiger partial charge in [-0.05, 0) is 49.4 Å². The lowest BCUT2D eigenvalue weighted by Crippen LogP contribution is -2.52. The summed E-state index contributed by atoms with van der Waals surface area (Å²) in [6, 6.07) is 5.32. The van der Waals surface area contributed by atoms with E-state index in [-0.39, 0.29) is 35.7 Å². The monoisotopic (exact) mass is 455 g/mol. The minimum Gasteiger partial charge on any atom is -0.489 e. The highest BCUT2D eigenvalue weighted by Crippen LogP contribution is 2.32. The zero-order valence-corrected chi connectivity index (χ0v) is 19.2. The van der Waals surface area contributed by atoms with Gasteiger partial charge in [-0.3, -0.25) is 19.7 Å². The zero-order chi connectivity index (χ0) is 23.0. The van der Waals surface area contributed by atoms with Crippen molar-refractivity contribution in [2.75, 3.05) is 19.8 Å². The summed E-state index contributed by atoms with van der Waals surface area (Å²) in [4.78, 5) is 38.3. The van der Waals surface area contributed by atoms with Gasteiger partial charge in [0.1, 0.15) is 17.9 Å². The highest BCUT2D eigenvalue weighted by atomic mass is 16.5. The van der Waals surface area contributed by atoms with Crippen molar-refractivity contribution >= 4 is 17.7 Å². The van der Waals surface area contributed by atoms with E-state index in [0.29, 0.717) is 24.6 Å². The van der Waals surface area contributed by atoms with Crippen molar-refractivity contribution < 1.29 is 23.9 Å². The number of carbonyl (C=O) groups excluding carboxylic acids is 3. The van der Waals surface area contributed by atoms with E-state index in [9.17, 15) is 14.4 Å². The summed E-state index contributed by atoms with van der Waals surface area (Å²) in [6.07, 6.45) is 6.37. The van der Waals surface area contributed by atoms with Crippen LogP contribution in [0.25, 0.3) is 0 Å². The Morgan fingerprint density at radius 3 is 2.73 bits per heavy atom. The third-order valence-electron chi connectivity index (χ3n) is 7.43. The van der Waals surface area contributed by atoms with Crippen molar-refractivity contribution in [3.63, 3.8) is 0 Å². The maximum atomic E-state index is 12.9. The summed E-state index contributed by atoms with van der Waals surface area (Å²) in [5, 5.41) is 6.10. The van der Waals surface area contributed by atoms with E-state index in [1.54, 1.807) is 4.90 Å². The molecule has 3 atom stereocenters. The summed E-state index contributed by atoms with van der Waals surface area (Å²) in [7, 11) is 0. The van der Waals surface area contributed by atoms with E-state index in [1.165, 1.54) is 12.8 Å². The molecule has 1 aromatic rings. The van der Waals surface area contributed by atoms with Crippen LogP contribution in [0.3, 0.4) is 0 Å². The van der Waals surface area contributed by atoms with Crippen molar-refractivity contribution in [3.8, 4) is 5.75 Å². The number of imide groups is 1. The van der Waals surface area contributed by atoms with Gasteiger partial charge in [-0.2, -0.15) is 0 Å². The molecule has 178 valence electrons. The summed E-state index contributed by atoms with van der Waals surface area (Å²) >= 11 is 0. The highest BCUT2D eigenvalue weighted by Gasteiger charge is 2.39. The second kappa shape index (κ2) is 9.06. The molecule has 1 saturated carbocycles. The fraction of sp³-hybridized carbons (Fsp3) is 0.640. The molecule has 0 radical (unpaired) electrons. The Hall–Kier alpha value is -2.45. The third-order valence-corrected chi connectivity index (χ3v) is 7.43. The van der Waals surface area contributed by atoms with Gasteiger partial charge in [0.15, 0.2) is 0 Å². The lowest BCUT2D eigenvalue weighted by Gasteiger charge is -2.40. The van der Waals surface area contributed by atoms with Gasteiger partial charge in [-0.25, -0.2) is 0 Å². The molecule has 5 rings (SSSR count). The standard InChI is InChI=1S/C25H33N3O5/c1-25(14-32-15-25)13-26-19-5-3-2-4-6-21(19)33-17-7-8-18-16(11-17)12-28(24(18)31)20-9-10-22(29)27-23(20)30/h7-8,11,19-21,26H,2-6,9-10,12-15H2,1H3,(H,27,29,30). The molecule has 0 spiro atoms. The molecule has 3 heterocycles. The molecule has 0 aromatic heterocycles. The molecule has 2 saturated heterocycles. The predicted molar refractivity (Wildman–Crippen MR) is 121 cm³/mol. The number of nitrogens with one attached hydrogen (secondary N) is 2. The Kier molecular flexibility index (Phi) is 6.14. The summed E-state index contributed by atoms with van der Waals surface area (Å²) in [5.41, 5.74) is 1.70. The highest BCUT2D eigenvalue weighted by molar-refractivity contribution is 6.05. The molecule has 3 unspecified atom stereocenters. The zero-order valence-electron chi connectivity index (χ0n) is 19.2. The topological polar surface area (TPSA) is 97.0 Å². The van der Waals surface area contributed by atoms with Crippen LogP contribution in [0.5, 0.6) is 5.75 Å². The Morgan fingerprint density at radius 2 is 1.97 bits per heavy atom. The Labute approximate surface area is 194 Å². The van der Waals surface area contributed by atoms with Crippen LogP contribution in [0.2, 0.25) is 0 Å². The van der Waals surface area contributed by atoms with E-state index in [1.807, 2.05) is 18.2 Å². The predicted octanol–water partition coefficient (Wildman–Crippen LogP) is 2.15. The van der Waals surface area contributed by atoms with Gasteiger partial charge < -0.3 is 19.7 Å². The summed E-state index contributed by atoms with van der Waals surface area (Å²) in [5.74, 6) is -0.0529. The number of piperidine rings is 1. The lowest BCUT2D eigenvalue weighted by atomic mass is 9.88. The minimum atomic E-state index is -0.598. The SMILES string of the molecule is CC1(CNC2CCCCCC2Oc2ccc3c(c2)CN(C2CCC(=O)NC2=O)C3=O)COC1. The Morgan fingerprint density at radius 1 is 1.15 bits per heavy atom. The van der Waals surface area contributed by atoms with Crippen LogP contribution in [0, 0.1) is 5.41 Å². The number of benzene rings is 1. The number of amides is 3. The third kappa shape index (κ3) is 4.64. The number of ether oxygens (including phenoxy) is 2. The molecule has 2 N–H and O–H groups in total. The number of carbonyl (C=O) groups is 3. The number of rotatable bonds is 6. The molecular weight excluding hydrogens is 422 g/mol. The van der Waals surface area contributed by atoms with Crippen molar-refractivity contribution in [2.45, 2.75) is 76.6 Å². The Bertz CT molecular complexity index is 944. The molecule has 8 heteroatoms.